The number of amides is 1. The van der Waals surface area contributed by atoms with Crippen LogP contribution in [0.1, 0.15) is 41.3 Å². The number of phenols is 1. The Morgan fingerprint density at radius 2 is 1.81 bits per heavy atom. The van der Waals surface area contributed by atoms with Gasteiger partial charge in [-0.25, -0.2) is 0 Å². The average molecular weight is 597 g/mol. The van der Waals surface area contributed by atoms with Crippen LogP contribution in [0.15, 0.2) is 28.7 Å². The summed E-state index contributed by atoms with van der Waals surface area (Å²) in [5.74, 6) is -7.58. The molecule has 0 spiro atoms. The third-order valence-electron chi connectivity index (χ3n) is 8.44. The molecule has 11 nitrogen and oxygen atoms in total. The molecule has 3 aliphatic carbocycles. The van der Waals surface area contributed by atoms with E-state index in [-0.39, 0.29) is 36.1 Å². The SMILES string of the molecule is CC(CC(F)(F)F)NCc1cc(N(C)C)c2c(c1O)C(=O)C1=C(O)[C@]3(O)C(=O)C(C(N)=O)=C(O)[C@@H](N(C)C)[C@@H]3C[C@@H]1C2. The highest BCUT2D eigenvalue weighted by atomic mass is 19.4. The predicted octanol–water partition coefficient (Wildman–Crippen LogP) is 1.62. The Bertz CT molecular complexity index is 1420. The second kappa shape index (κ2) is 10.6. The number of allylic oxidation sites excluding steroid dienone is 1. The van der Waals surface area contributed by atoms with Gasteiger partial charge in [0.15, 0.2) is 11.4 Å². The molecule has 0 aliphatic heterocycles. The number of ketones is 2. The monoisotopic (exact) mass is 596 g/mol. The van der Waals surface area contributed by atoms with Crippen LogP contribution in [0.3, 0.4) is 0 Å². The van der Waals surface area contributed by atoms with Crippen molar-refractivity contribution in [3.63, 3.8) is 0 Å². The molecule has 0 saturated carbocycles. The van der Waals surface area contributed by atoms with Crippen molar-refractivity contribution in [3.05, 3.63) is 45.4 Å². The van der Waals surface area contributed by atoms with Crippen molar-refractivity contribution < 1.29 is 48.0 Å². The zero-order chi connectivity index (χ0) is 31.6. The first-order chi connectivity index (χ1) is 19.3. The summed E-state index contributed by atoms with van der Waals surface area (Å²) in [6.07, 6.45) is -5.49. The van der Waals surface area contributed by atoms with Crippen LogP contribution in [-0.2, 0) is 22.6 Å². The summed E-state index contributed by atoms with van der Waals surface area (Å²) in [5.41, 5.74) is 2.23. The number of likely N-dealkylation sites (N-methyl/N-ethyl adjacent to an activating group) is 1. The number of rotatable bonds is 7. The van der Waals surface area contributed by atoms with Crippen molar-refractivity contribution in [2.24, 2.45) is 17.6 Å². The van der Waals surface area contributed by atoms with Gasteiger partial charge in [0.2, 0.25) is 5.78 Å². The maximum atomic E-state index is 14.0. The Morgan fingerprint density at radius 3 is 2.33 bits per heavy atom. The van der Waals surface area contributed by atoms with E-state index in [9.17, 15) is 48.0 Å². The van der Waals surface area contributed by atoms with Gasteiger partial charge in [-0.3, -0.25) is 19.3 Å². The number of aliphatic hydroxyl groups excluding tert-OH is 2. The number of phenolic OH excluding ortho intramolecular Hbond substituents is 1. The van der Waals surface area contributed by atoms with Crippen molar-refractivity contribution in [1.82, 2.24) is 10.2 Å². The number of carbonyl (C=O) groups excluding carboxylic acids is 3. The smallest absolute Gasteiger partial charge is 0.390 e. The van der Waals surface area contributed by atoms with Crippen LogP contribution in [0.5, 0.6) is 5.75 Å². The van der Waals surface area contributed by atoms with Crippen molar-refractivity contribution in [2.45, 2.75) is 56.6 Å². The normalized spacial score (nSPS) is 26.7. The molecule has 0 aromatic heterocycles. The summed E-state index contributed by atoms with van der Waals surface area (Å²) in [6, 6.07) is -0.530. The standard InChI is InChI=1S/C28H35F3N4O7/c1-11(9-27(29,30)31)33-10-13-8-16(34(2)3)14-6-12-7-15-20(35(4)5)23(38)19(26(32)41)25(40)28(15,42)24(39)17(12)22(37)18(14)21(13)36/h8,11-12,15,20,33,36,38-39,42H,6-7,9-10H2,1-5H3,(H2,32,41)/t11?,12-,15-,20-,28-/m0/s1. The quantitative estimate of drug-likeness (QED) is 0.254. The van der Waals surface area contributed by atoms with E-state index in [0.717, 1.165) is 0 Å². The molecular weight excluding hydrogens is 561 g/mol. The fourth-order valence-electron chi connectivity index (χ4n) is 6.59. The fraction of sp³-hybridized carbons (Fsp3) is 0.536. The summed E-state index contributed by atoms with van der Waals surface area (Å²) >= 11 is 0. The molecule has 0 saturated heterocycles. The van der Waals surface area contributed by atoms with Gasteiger partial charge in [-0.15, -0.1) is 0 Å². The topological polar surface area (TPSA) is 177 Å². The lowest BCUT2D eigenvalue weighted by atomic mass is 9.58. The van der Waals surface area contributed by atoms with Gasteiger partial charge in [0.05, 0.1) is 18.0 Å². The number of aromatic hydroxyl groups is 1. The molecule has 1 amide bonds. The highest BCUT2D eigenvalue weighted by Gasteiger charge is 2.63. The molecule has 5 atom stereocenters. The van der Waals surface area contributed by atoms with Crippen LogP contribution in [0.2, 0.25) is 0 Å². The lowest BCUT2D eigenvalue weighted by Gasteiger charge is -2.50. The number of fused-ring (bicyclic) bond motifs is 3. The van der Waals surface area contributed by atoms with Gasteiger partial charge in [0, 0.05) is 49.4 Å². The summed E-state index contributed by atoms with van der Waals surface area (Å²) in [7, 11) is 6.47. The number of hydrogen-bond donors (Lipinski definition) is 6. The number of anilines is 1. The largest absolute Gasteiger partial charge is 0.510 e. The van der Waals surface area contributed by atoms with Crippen molar-refractivity contribution in [1.29, 1.82) is 0 Å². The minimum Gasteiger partial charge on any atom is -0.510 e. The van der Waals surface area contributed by atoms with Crippen LogP contribution in [0.25, 0.3) is 0 Å². The molecule has 0 heterocycles. The summed E-state index contributed by atoms with van der Waals surface area (Å²) in [5, 5.41) is 47.9. The van der Waals surface area contributed by atoms with Gasteiger partial charge in [-0.2, -0.15) is 13.2 Å². The molecule has 1 unspecified atom stereocenters. The second-order valence-corrected chi connectivity index (χ2v) is 11.7. The maximum Gasteiger partial charge on any atom is 0.390 e. The molecule has 230 valence electrons. The average Bonchev–Trinajstić information content (AvgIpc) is 2.84. The predicted molar refractivity (Wildman–Crippen MR) is 145 cm³/mol. The van der Waals surface area contributed by atoms with E-state index in [4.69, 9.17) is 5.73 Å². The zero-order valence-electron chi connectivity index (χ0n) is 23.8. The maximum absolute atomic E-state index is 14.0. The lowest BCUT2D eigenvalue weighted by molar-refractivity contribution is -0.148. The molecule has 3 aliphatic rings. The minimum atomic E-state index is -4.41. The number of nitrogens with zero attached hydrogens (tertiary/aromatic N) is 2. The number of alkyl halides is 3. The Kier molecular flexibility index (Phi) is 7.89. The Morgan fingerprint density at radius 1 is 1.19 bits per heavy atom. The number of halogens is 3. The van der Waals surface area contributed by atoms with Crippen LogP contribution in [0.4, 0.5) is 18.9 Å². The number of hydrogen-bond acceptors (Lipinski definition) is 10. The number of Topliss-reactive ketones (excluding diaryl/α,β-unsaturated/α-hetero) is 2. The van der Waals surface area contributed by atoms with Crippen LogP contribution < -0.4 is 16.0 Å². The highest BCUT2D eigenvalue weighted by Crippen LogP contribution is 2.53. The number of nitrogens with two attached hydrogens (primary N) is 1. The summed E-state index contributed by atoms with van der Waals surface area (Å²) in [6.45, 7) is 1.13. The summed E-state index contributed by atoms with van der Waals surface area (Å²) in [4.78, 5) is 42.7. The molecule has 0 radical (unpaired) electrons. The first kappa shape index (κ1) is 31.3. The molecule has 14 heteroatoms. The highest BCUT2D eigenvalue weighted by molar-refractivity contribution is 6.24. The first-order valence-electron chi connectivity index (χ1n) is 13.3. The van der Waals surface area contributed by atoms with Gasteiger partial charge in [0.1, 0.15) is 22.8 Å². The Balaban J connectivity index is 1.86. The third kappa shape index (κ3) is 4.90. The van der Waals surface area contributed by atoms with E-state index >= 15 is 0 Å². The van der Waals surface area contributed by atoms with E-state index < -0.39 is 82.4 Å². The molecule has 42 heavy (non-hydrogen) atoms. The van der Waals surface area contributed by atoms with Crippen LogP contribution >= 0.6 is 0 Å². The molecule has 1 aromatic carbocycles. The van der Waals surface area contributed by atoms with Gasteiger partial charge in [-0.05, 0) is 51.4 Å². The van der Waals surface area contributed by atoms with Gasteiger partial charge >= 0.3 is 6.18 Å². The molecule has 0 bridgehead atoms. The van der Waals surface area contributed by atoms with Crippen molar-refractivity contribution in [3.8, 4) is 5.75 Å². The van der Waals surface area contributed by atoms with Crippen LogP contribution in [0, 0.1) is 11.8 Å². The van der Waals surface area contributed by atoms with E-state index in [1.165, 1.54) is 11.8 Å². The Hall–Kier alpha value is -3.62. The van der Waals surface area contributed by atoms with Gasteiger partial charge in [0.25, 0.3) is 5.91 Å². The van der Waals surface area contributed by atoms with E-state index in [0.29, 0.717) is 11.3 Å². The van der Waals surface area contributed by atoms with E-state index in [1.54, 1.807) is 39.2 Å². The number of nitrogens with one attached hydrogen (secondary N) is 1. The number of aliphatic hydroxyl groups is 3. The molecular formula is C28H35F3N4O7. The van der Waals surface area contributed by atoms with Gasteiger partial charge in [-0.1, -0.05) is 0 Å². The third-order valence-corrected chi connectivity index (χ3v) is 8.44. The fourth-order valence-corrected chi connectivity index (χ4v) is 6.59. The Labute approximate surface area is 240 Å². The first-order valence-corrected chi connectivity index (χ1v) is 13.3. The molecule has 7 N–H and O–H groups in total. The molecule has 4 rings (SSSR count). The lowest BCUT2D eigenvalue weighted by Crippen LogP contribution is -2.63. The number of carbonyl (C=O) groups is 3. The minimum absolute atomic E-state index is 0.0579. The number of primary amides is 1. The van der Waals surface area contributed by atoms with Crippen LogP contribution in [-0.4, -0.2) is 94.9 Å². The number of benzene rings is 1. The molecule has 1 aromatic rings. The van der Waals surface area contributed by atoms with E-state index in [2.05, 4.69) is 5.32 Å². The van der Waals surface area contributed by atoms with E-state index in [1.807, 2.05) is 0 Å². The zero-order valence-corrected chi connectivity index (χ0v) is 23.8. The van der Waals surface area contributed by atoms with Crippen molar-refractivity contribution >= 4 is 23.2 Å². The second-order valence-electron chi connectivity index (χ2n) is 11.7. The van der Waals surface area contributed by atoms with Crippen molar-refractivity contribution in [2.75, 3.05) is 33.1 Å². The summed E-state index contributed by atoms with van der Waals surface area (Å²) < 4.78 is 38.5. The van der Waals surface area contributed by atoms with Gasteiger partial charge < -0.3 is 36.4 Å². The molecule has 0 fully saturated rings.